The molecule has 2 rings (SSSR count). The minimum atomic E-state index is -1.11. The van der Waals surface area contributed by atoms with Crippen molar-refractivity contribution in [1.82, 2.24) is 14.9 Å². The van der Waals surface area contributed by atoms with Gasteiger partial charge < -0.3 is 15.0 Å². The van der Waals surface area contributed by atoms with E-state index in [0.717, 1.165) is 0 Å². The first-order valence-corrected chi connectivity index (χ1v) is 5.95. The predicted molar refractivity (Wildman–Crippen MR) is 64.4 cm³/mol. The molecular weight excluding hydrogens is 234 g/mol. The van der Waals surface area contributed by atoms with E-state index in [1.165, 1.54) is 4.90 Å². The lowest BCUT2D eigenvalue weighted by Gasteiger charge is -2.30. The maximum atomic E-state index is 12.4. The number of nitrogens with zero attached hydrogens (tertiary/aromatic N) is 2. The summed E-state index contributed by atoms with van der Waals surface area (Å²) in [4.78, 5) is 32.2. The molecule has 6 nitrogen and oxygen atoms in total. The first-order chi connectivity index (χ1) is 8.36. The summed E-state index contributed by atoms with van der Waals surface area (Å²) in [6, 6.07) is 0. The number of hydrogen-bond acceptors (Lipinski definition) is 3. The Hall–Kier alpha value is -1.85. The van der Waals surface area contributed by atoms with Crippen LogP contribution in [0.1, 0.15) is 41.8 Å². The highest BCUT2D eigenvalue weighted by atomic mass is 16.4. The van der Waals surface area contributed by atoms with Crippen molar-refractivity contribution in [3.8, 4) is 0 Å². The van der Waals surface area contributed by atoms with Crippen molar-refractivity contribution in [3.05, 3.63) is 17.2 Å². The molecule has 1 aromatic heterocycles. The Balaban J connectivity index is 2.34. The number of nitrogens with one attached hydrogen (secondary N) is 1. The van der Waals surface area contributed by atoms with Crippen molar-refractivity contribution in [2.45, 2.75) is 39.2 Å². The Labute approximate surface area is 105 Å². The van der Waals surface area contributed by atoms with E-state index in [-0.39, 0.29) is 5.91 Å². The molecule has 1 saturated heterocycles. The van der Waals surface area contributed by atoms with E-state index >= 15 is 0 Å². The van der Waals surface area contributed by atoms with Crippen LogP contribution >= 0.6 is 0 Å². The maximum absolute atomic E-state index is 12.4. The minimum Gasteiger partial charge on any atom is -0.480 e. The number of aromatic nitrogens is 2. The fourth-order valence-corrected chi connectivity index (χ4v) is 2.46. The first-order valence-electron chi connectivity index (χ1n) is 5.95. The molecule has 0 aromatic carbocycles. The molecule has 1 aromatic rings. The van der Waals surface area contributed by atoms with Crippen LogP contribution in [0, 0.1) is 13.8 Å². The molecule has 2 heterocycles. The summed E-state index contributed by atoms with van der Waals surface area (Å²) in [5.74, 6) is -0.607. The molecule has 0 bridgehead atoms. The van der Waals surface area contributed by atoms with E-state index in [2.05, 4.69) is 9.97 Å². The third-order valence-electron chi connectivity index (χ3n) is 3.55. The molecule has 6 heteroatoms. The summed E-state index contributed by atoms with van der Waals surface area (Å²) in [6.07, 6.45) is 1.19. The van der Waals surface area contributed by atoms with Crippen LogP contribution in [0.5, 0.6) is 0 Å². The van der Waals surface area contributed by atoms with Gasteiger partial charge in [-0.15, -0.1) is 0 Å². The van der Waals surface area contributed by atoms with Crippen LogP contribution < -0.4 is 0 Å². The molecule has 1 atom stereocenters. The van der Waals surface area contributed by atoms with Gasteiger partial charge in [-0.2, -0.15) is 0 Å². The van der Waals surface area contributed by atoms with Crippen LogP contribution in [0.3, 0.4) is 0 Å². The molecular formula is C12H17N3O3. The number of aryl methyl sites for hydroxylation is 2. The fraction of sp³-hybridized carbons (Fsp3) is 0.583. The summed E-state index contributed by atoms with van der Waals surface area (Å²) >= 11 is 0. The Kier molecular flexibility index (Phi) is 2.88. The normalized spacial score (nSPS) is 23.4. The summed E-state index contributed by atoms with van der Waals surface area (Å²) < 4.78 is 0. The highest BCUT2D eigenvalue weighted by Crippen LogP contribution is 2.30. The number of amides is 1. The Morgan fingerprint density at radius 1 is 1.44 bits per heavy atom. The lowest BCUT2D eigenvalue weighted by molar-refractivity contribution is -0.147. The second kappa shape index (κ2) is 4.12. The largest absolute Gasteiger partial charge is 0.480 e. The van der Waals surface area contributed by atoms with Crippen LogP contribution in [-0.2, 0) is 4.79 Å². The van der Waals surface area contributed by atoms with Crippen molar-refractivity contribution in [1.29, 1.82) is 0 Å². The van der Waals surface area contributed by atoms with Crippen molar-refractivity contribution in [2.75, 3.05) is 6.54 Å². The first kappa shape index (κ1) is 12.6. The van der Waals surface area contributed by atoms with Crippen LogP contribution in [0.25, 0.3) is 0 Å². The van der Waals surface area contributed by atoms with Gasteiger partial charge >= 0.3 is 5.97 Å². The zero-order chi connectivity index (χ0) is 13.5. The molecule has 1 amide bonds. The number of aromatic amines is 1. The van der Waals surface area contributed by atoms with Gasteiger partial charge in [0.05, 0.1) is 0 Å². The van der Waals surface area contributed by atoms with Gasteiger partial charge in [0.15, 0.2) is 0 Å². The molecule has 0 aliphatic carbocycles. The molecule has 18 heavy (non-hydrogen) atoms. The average molecular weight is 251 g/mol. The standard InChI is InChI=1S/C12H17N3O3/c1-7-9(14-8(2)13-7)10(16)15-6-4-5-12(15,3)11(17)18/h4-6H2,1-3H3,(H,13,14)(H,17,18)/t12-/m0/s1. The van der Waals surface area contributed by atoms with Crippen molar-refractivity contribution in [3.63, 3.8) is 0 Å². The lowest BCUT2D eigenvalue weighted by atomic mass is 9.99. The quantitative estimate of drug-likeness (QED) is 0.824. The number of carbonyl (C=O) groups excluding carboxylic acids is 1. The van der Waals surface area contributed by atoms with Crippen molar-refractivity contribution < 1.29 is 14.7 Å². The topological polar surface area (TPSA) is 86.3 Å². The number of aliphatic carboxylic acids is 1. The molecule has 0 saturated carbocycles. The predicted octanol–water partition coefficient (Wildman–Crippen LogP) is 1.11. The third-order valence-corrected chi connectivity index (χ3v) is 3.55. The smallest absolute Gasteiger partial charge is 0.329 e. The Bertz CT molecular complexity index is 509. The highest BCUT2D eigenvalue weighted by molar-refractivity contribution is 5.97. The lowest BCUT2D eigenvalue weighted by Crippen LogP contribution is -2.51. The summed E-state index contributed by atoms with van der Waals surface area (Å²) in [7, 11) is 0. The van der Waals surface area contributed by atoms with Crippen LogP contribution in [0.2, 0.25) is 0 Å². The van der Waals surface area contributed by atoms with Gasteiger partial charge in [0, 0.05) is 12.2 Å². The van der Waals surface area contributed by atoms with Gasteiger partial charge in [-0.25, -0.2) is 9.78 Å². The van der Waals surface area contributed by atoms with E-state index in [4.69, 9.17) is 0 Å². The van der Waals surface area contributed by atoms with Crippen molar-refractivity contribution in [2.24, 2.45) is 0 Å². The summed E-state index contributed by atoms with van der Waals surface area (Å²) in [5, 5.41) is 9.29. The highest BCUT2D eigenvalue weighted by Gasteiger charge is 2.46. The average Bonchev–Trinajstić information content (AvgIpc) is 2.82. The number of carboxylic acid groups (broad SMARTS) is 1. The summed E-state index contributed by atoms with van der Waals surface area (Å²) in [5.41, 5.74) is -0.116. The summed E-state index contributed by atoms with van der Waals surface area (Å²) in [6.45, 7) is 5.59. The third kappa shape index (κ3) is 1.77. The van der Waals surface area contributed by atoms with E-state index in [9.17, 15) is 14.7 Å². The maximum Gasteiger partial charge on any atom is 0.329 e. The zero-order valence-corrected chi connectivity index (χ0v) is 10.8. The van der Waals surface area contributed by atoms with E-state index < -0.39 is 11.5 Å². The molecule has 0 radical (unpaired) electrons. The molecule has 1 fully saturated rings. The van der Waals surface area contributed by atoms with Crippen LogP contribution in [0.4, 0.5) is 0 Å². The second-order valence-corrected chi connectivity index (χ2v) is 4.94. The molecule has 0 spiro atoms. The van der Waals surface area contributed by atoms with Gasteiger partial charge in [-0.1, -0.05) is 0 Å². The molecule has 1 aliphatic rings. The Morgan fingerprint density at radius 3 is 2.61 bits per heavy atom. The molecule has 2 N–H and O–H groups in total. The van der Waals surface area contributed by atoms with E-state index in [0.29, 0.717) is 36.6 Å². The van der Waals surface area contributed by atoms with Crippen LogP contribution in [-0.4, -0.2) is 43.9 Å². The monoisotopic (exact) mass is 251 g/mol. The van der Waals surface area contributed by atoms with E-state index in [1.54, 1.807) is 20.8 Å². The number of imidazole rings is 1. The number of hydrogen-bond donors (Lipinski definition) is 2. The number of H-pyrrole nitrogens is 1. The van der Waals surface area contributed by atoms with Gasteiger partial charge in [0.2, 0.25) is 0 Å². The number of carboxylic acids is 1. The minimum absolute atomic E-state index is 0.306. The fourth-order valence-electron chi connectivity index (χ4n) is 2.46. The Morgan fingerprint density at radius 2 is 2.11 bits per heavy atom. The van der Waals surface area contributed by atoms with Crippen molar-refractivity contribution >= 4 is 11.9 Å². The molecule has 1 aliphatic heterocycles. The van der Waals surface area contributed by atoms with Gasteiger partial charge in [-0.3, -0.25) is 4.79 Å². The number of likely N-dealkylation sites (tertiary alicyclic amines) is 1. The van der Waals surface area contributed by atoms with Gasteiger partial charge in [0.25, 0.3) is 5.91 Å². The zero-order valence-electron chi connectivity index (χ0n) is 10.8. The molecule has 0 unspecified atom stereocenters. The molecule has 98 valence electrons. The van der Waals surface area contributed by atoms with Gasteiger partial charge in [-0.05, 0) is 33.6 Å². The number of carbonyl (C=O) groups is 2. The number of rotatable bonds is 2. The second-order valence-electron chi connectivity index (χ2n) is 4.94. The van der Waals surface area contributed by atoms with Crippen LogP contribution in [0.15, 0.2) is 0 Å². The SMILES string of the molecule is Cc1nc(C(=O)N2CCC[C@@]2(C)C(=O)O)c(C)[nH]1. The van der Waals surface area contributed by atoms with Gasteiger partial charge in [0.1, 0.15) is 17.1 Å². The van der Waals surface area contributed by atoms with E-state index in [1.807, 2.05) is 0 Å².